The van der Waals surface area contributed by atoms with Crippen molar-refractivity contribution in [2.45, 2.75) is 26.3 Å². The van der Waals surface area contributed by atoms with Gasteiger partial charge in [-0.05, 0) is 35.2 Å². The summed E-state index contributed by atoms with van der Waals surface area (Å²) in [5.74, 6) is 2.11. The van der Waals surface area contributed by atoms with Crippen LogP contribution in [0.3, 0.4) is 0 Å². The van der Waals surface area contributed by atoms with Crippen molar-refractivity contribution in [2.24, 2.45) is 12.0 Å². The minimum atomic E-state index is 0. The summed E-state index contributed by atoms with van der Waals surface area (Å²) in [6, 6.07) is 2.17. The Kier molecular flexibility index (Phi) is 8.39. The number of nitrogens with zero attached hydrogens (tertiary/aromatic N) is 4. The summed E-state index contributed by atoms with van der Waals surface area (Å²) in [4.78, 5) is 8.72. The van der Waals surface area contributed by atoms with E-state index in [1.54, 1.807) is 22.3 Å². The number of guanidine groups is 1. The molecule has 2 heterocycles. The molecule has 22 heavy (non-hydrogen) atoms. The Hall–Kier alpha value is -1.16. The molecule has 0 aliphatic carbocycles. The second kappa shape index (κ2) is 9.78. The van der Waals surface area contributed by atoms with Crippen LogP contribution in [-0.2, 0) is 13.6 Å². The summed E-state index contributed by atoms with van der Waals surface area (Å²) in [7, 11) is 1.87. The van der Waals surface area contributed by atoms with Gasteiger partial charge in [0.1, 0.15) is 18.7 Å². The molecule has 1 atom stereocenters. The molecule has 1 unspecified atom stereocenters. The SMILES string of the molecule is CCNC(=NCc1ncnn1C)NCC(C)c1ccsc1.I. The Balaban J connectivity index is 0.00000242. The van der Waals surface area contributed by atoms with E-state index in [-0.39, 0.29) is 24.0 Å². The van der Waals surface area contributed by atoms with Crippen molar-refractivity contribution < 1.29 is 0 Å². The number of hydrogen-bond acceptors (Lipinski definition) is 4. The maximum absolute atomic E-state index is 4.54. The number of halogens is 1. The third-order valence-electron chi connectivity index (χ3n) is 3.22. The van der Waals surface area contributed by atoms with Crippen LogP contribution >= 0.6 is 35.3 Å². The lowest BCUT2D eigenvalue weighted by Crippen LogP contribution is -2.39. The molecule has 0 fully saturated rings. The second-order valence-electron chi connectivity index (χ2n) is 4.83. The number of thiophene rings is 1. The summed E-state index contributed by atoms with van der Waals surface area (Å²) in [5.41, 5.74) is 1.36. The first-order chi connectivity index (χ1) is 10.2. The number of nitrogens with one attached hydrogen (secondary N) is 2. The smallest absolute Gasteiger partial charge is 0.191 e. The van der Waals surface area contributed by atoms with Crippen LogP contribution in [0.25, 0.3) is 0 Å². The number of aromatic nitrogens is 3. The Morgan fingerprint density at radius 2 is 2.27 bits per heavy atom. The Labute approximate surface area is 152 Å². The van der Waals surface area contributed by atoms with E-state index < -0.39 is 0 Å². The lowest BCUT2D eigenvalue weighted by molar-refractivity contribution is 0.684. The fourth-order valence-electron chi connectivity index (χ4n) is 1.88. The van der Waals surface area contributed by atoms with Gasteiger partial charge in [0, 0.05) is 20.1 Å². The van der Waals surface area contributed by atoms with Gasteiger partial charge in [-0.1, -0.05) is 6.92 Å². The van der Waals surface area contributed by atoms with E-state index in [1.807, 2.05) is 7.05 Å². The summed E-state index contributed by atoms with van der Waals surface area (Å²) in [6.45, 7) is 6.46. The topological polar surface area (TPSA) is 67.1 Å². The standard InChI is InChI=1S/C14H22N6S.HI/c1-4-15-14(17-8-13-18-10-19-20(13)3)16-7-11(2)12-5-6-21-9-12;/h5-6,9-11H,4,7-8H2,1-3H3,(H2,15,16,17);1H. The van der Waals surface area contributed by atoms with Gasteiger partial charge in [-0.25, -0.2) is 9.98 Å². The van der Waals surface area contributed by atoms with Gasteiger partial charge in [0.15, 0.2) is 5.96 Å². The fraction of sp³-hybridized carbons (Fsp3) is 0.500. The van der Waals surface area contributed by atoms with Crippen LogP contribution in [0.1, 0.15) is 31.2 Å². The van der Waals surface area contributed by atoms with Crippen molar-refractivity contribution in [3.8, 4) is 0 Å². The molecule has 2 N–H and O–H groups in total. The predicted molar refractivity (Wildman–Crippen MR) is 102 cm³/mol. The van der Waals surface area contributed by atoms with Gasteiger partial charge in [-0.2, -0.15) is 16.4 Å². The van der Waals surface area contributed by atoms with Crippen molar-refractivity contribution in [1.82, 2.24) is 25.4 Å². The molecule has 2 rings (SSSR count). The molecule has 0 aliphatic heterocycles. The van der Waals surface area contributed by atoms with Gasteiger partial charge in [0.25, 0.3) is 0 Å². The van der Waals surface area contributed by atoms with Crippen molar-refractivity contribution in [2.75, 3.05) is 13.1 Å². The van der Waals surface area contributed by atoms with Crippen LogP contribution in [0.2, 0.25) is 0 Å². The van der Waals surface area contributed by atoms with Crippen molar-refractivity contribution >= 4 is 41.3 Å². The molecule has 0 bridgehead atoms. The van der Waals surface area contributed by atoms with Crippen molar-refractivity contribution in [3.05, 3.63) is 34.5 Å². The highest BCUT2D eigenvalue weighted by Gasteiger charge is 2.07. The fourth-order valence-corrected chi connectivity index (χ4v) is 2.66. The zero-order valence-electron chi connectivity index (χ0n) is 13.1. The summed E-state index contributed by atoms with van der Waals surface area (Å²) < 4.78 is 1.74. The van der Waals surface area contributed by atoms with Gasteiger partial charge in [-0.3, -0.25) is 4.68 Å². The average Bonchev–Trinajstić information content (AvgIpc) is 3.13. The molecule has 0 amide bonds. The highest BCUT2D eigenvalue weighted by atomic mass is 127. The Bertz CT molecular complexity index is 566. The third kappa shape index (κ3) is 5.56. The van der Waals surface area contributed by atoms with Crippen LogP contribution in [0.4, 0.5) is 0 Å². The molecule has 8 heteroatoms. The van der Waals surface area contributed by atoms with Gasteiger partial charge < -0.3 is 10.6 Å². The lowest BCUT2D eigenvalue weighted by atomic mass is 10.1. The van der Waals surface area contributed by atoms with E-state index in [9.17, 15) is 0 Å². The van der Waals surface area contributed by atoms with Gasteiger partial charge in [0.2, 0.25) is 0 Å². The molecular formula is C14H23IN6S. The minimum Gasteiger partial charge on any atom is -0.357 e. The van der Waals surface area contributed by atoms with Crippen LogP contribution in [-0.4, -0.2) is 33.8 Å². The summed E-state index contributed by atoms with van der Waals surface area (Å²) in [5, 5.41) is 15.0. The summed E-state index contributed by atoms with van der Waals surface area (Å²) >= 11 is 1.73. The van der Waals surface area contributed by atoms with E-state index in [1.165, 1.54) is 5.56 Å². The molecule has 0 aromatic carbocycles. The van der Waals surface area contributed by atoms with Gasteiger partial charge >= 0.3 is 0 Å². The van der Waals surface area contributed by atoms with E-state index in [0.29, 0.717) is 12.5 Å². The van der Waals surface area contributed by atoms with Gasteiger partial charge in [-0.15, -0.1) is 24.0 Å². The maximum atomic E-state index is 4.54. The summed E-state index contributed by atoms with van der Waals surface area (Å²) in [6.07, 6.45) is 1.55. The minimum absolute atomic E-state index is 0. The second-order valence-corrected chi connectivity index (χ2v) is 5.61. The normalized spacial score (nSPS) is 12.6. The molecule has 2 aromatic rings. The zero-order chi connectivity index (χ0) is 15.1. The largest absolute Gasteiger partial charge is 0.357 e. The molecular weight excluding hydrogens is 411 g/mol. The molecule has 6 nitrogen and oxygen atoms in total. The average molecular weight is 434 g/mol. The van der Waals surface area contributed by atoms with Crippen LogP contribution in [0.5, 0.6) is 0 Å². The number of aryl methyl sites for hydroxylation is 1. The van der Waals surface area contributed by atoms with E-state index >= 15 is 0 Å². The van der Waals surface area contributed by atoms with Crippen molar-refractivity contribution in [1.29, 1.82) is 0 Å². The highest BCUT2D eigenvalue weighted by molar-refractivity contribution is 14.0. The monoisotopic (exact) mass is 434 g/mol. The van der Waals surface area contributed by atoms with E-state index in [0.717, 1.165) is 24.9 Å². The number of hydrogen-bond donors (Lipinski definition) is 2. The van der Waals surface area contributed by atoms with Crippen LogP contribution in [0, 0.1) is 0 Å². The first-order valence-electron chi connectivity index (χ1n) is 7.07. The third-order valence-corrected chi connectivity index (χ3v) is 3.92. The van der Waals surface area contributed by atoms with E-state index in [4.69, 9.17) is 0 Å². The van der Waals surface area contributed by atoms with E-state index in [2.05, 4.69) is 56.4 Å². The molecule has 2 aromatic heterocycles. The Morgan fingerprint density at radius 3 is 2.86 bits per heavy atom. The van der Waals surface area contributed by atoms with Gasteiger partial charge in [0.05, 0.1) is 0 Å². The first-order valence-corrected chi connectivity index (χ1v) is 8.02. The van der Waals surface area contributed by atoms with Crippen LogP contribution in [0.15, 0.2) is 28.1 Å². The number of aliphatic imine (C=N–C) groups is 1. The molecule has 122 valence electrons. The molecule has 0 saturated heterocycles. The zero-order valence-corrected chi connectivity index (χ0v) is 16.3. The first kappa shape index (κ1) is 18.9. The number of rotatable bonds is 6. The maximum Gasteiger partial charge on any atom is 0.191 e. The molecule has 0 aliphatic rings. The molecule has 0 saturated carbocycles. The molecule has 0 spiro atoms. The molecule has 0 radical (unpaired) electrons. The lowest BCUT2D eigenvalue weighted by Gasteiger charge is -2.15. The highest BCUT2D eigenvalue weighted by Crippen LogP contribution is 2.16. The quantitative estimate of drug-likeness (QED) is 0.416. The predicted octanol–water partition coefficient (Wildman–Crippen LogP) is 2.35. The van der Waals surface area contributed by atoms with Crippen LogP contribution < -0.4 is 10.6 Å². The Morgan fingerprint density at radius 1 is 1.45 bits per heavy atom. The van der Waals surface area contributed by atoms with Crippen molar-refractivity contribution in [3.63, 3.8) is 0 Å².